The number of Topliss-reactive ketones (excluding diaryl/α,β-unsaturated/α-hetero) is 1. The number of nitrogens with one attached hydrogen (secondary N) is 3. The summed E-state index contributed by atoms with van der Waals surface area (Å²) in [7, 11) is 0. The highest BCUT2D eigenvalue weighted by Crippen LogP contribution is 2.14. The van der Waals surface area contributed by atoms with Gasteiger partial charge in [-0.1, -0.05) is 44.2 Å². The first-order valence-corrected chi connectivity index (χ1v) is 11.0. The molecule has 3 N–H and O–H groups in total. The van der Waals surface area contributed by atoms with Crippen LogP contribution >= 0.6 is 0 Å². The van der Waals surface area contributed by atoms with Gasteiger partial charge < -0.3 is 20.7 Å². The van der Waals surface area contributed by atoms with Crippen molar-refractivity contribution in [1.29, 1.82) is 0 Å². The van der Waals surface area contributed by atoms with Gasteiger partial charge in [0.2, 0.25) is 5.91 Å². The van der Waals surface area contributed by atoms with E-state index in [9.17, 15) is 14.4 Å². The van der Waals surface area contributed by atoms with Crippen molar-refractivity contribution in [2.45, 2.75) is 51.9 Å². The molecule has 0 spiro atoms. The molecule has 1 aliphatic heterocycles. The SMILES string of the molecule is CC(C)C[C@H](NC(=O)c1ccc(NCc2ccccc2)cc1)C(=O)N[C@@H]1C(=O)CO[C@@H]1C. The number of ketones is 1. The monoisotopic (exact) mass is 437 g/mol. The smallest absolute Gasteiger partial charge is 0.251 e. The molecule has 170 valence electrons. The Morgan fingerprint density at radius 1 is 1.06 bits per heavy atom. The highest BCUT2D eigenvalue weighted by atomic mass is 16.5. The number of anilines is 1. The molecule has 1 aliphatic rings. The Kier molecular flexibility index (Phi) is 8.00. The second-order valence-electron chi connectivity index (χ2n) is 8.54. The first-order chi connectivity index (χ1) is 15.3. The summed E-state index contributed by atoms with van der Waals surface area (Å²) in [6, 6.07) is 15.8. The summed E-state index contributed by atoms with van der Waals surface area (Å²) in [6.07, 6.45) is 0.0857. The Balaban J connectivity index is 1.60. The number of rotatable bonds is 9. The molecule has 1 fully saturated rings. The summed E-state index contributed by atoms with van der Waals surface area (Å²) < 4.78 is 5.29. The molecular weight excluding hydrogens is 406 g/mol. The number of hydrogen-bond donors (Lipinski definition) is 3. The molecule has 3 atom stereocenters. The van der Waals surface area contributed by atoms with Crippen molar-refractivity contribution < 1.29 is 19.1 Å². The third-order valence-corrected chi connectivity index (χ3v) is 5.42. The lowest BCUT2D eigenvalue weighted by Crippen LogP contribution is -2.53. The molecule has 0 aliphatic carbocycles. The molecule has 7 heteroatoms. The van der Waals surface area contributed by atoms with Gasteiger partial charge in [0.05, 0.1) is 6.10 Å². The lowest BCUT2D eigenvalue weighted by Gasteiger charge is -2.23. The van der Waals surface area contributed by atoms with Crippen LogP contribution in [-0.2, 0) is 20.9 Å². The highest BCUT2D eigenvalue weighted by Gasteiger charge is 2.35. The van der Waals surface area contributed by atoms with Crippen molar-refractivity contribution in [2.24, 2.45) is 5.92 Å². The van der Waals surface area contributed by atoms with Crippen molar-refractivity contribution in [3.8, 4) is 0 Å². The van der Waals surface area contributed by atoms with E-state index < -0.39 is 12.1 Å². The average molecular weight is 438 g/mol. The topological polar surface area (TPSA) is 96.5 Å². The van der Waals surface area contributed by atoms with Gasteiger partial charge in [0, 0.05) is 17.8 Å². The molecule has 2 aromatic carbocycles. The predicted molar refractivity (Wildman–Crippen MR) is 123 cm³/mol. The van der Waals surface area contributed by atoms with E-state index >= 15 is 0 Å². The molecule has 2 aromatic rings. The molecule has 7 nitrogen and oxygen atoms in total. The molecule has 0 saturated carbocycles. The minimum atomic E-state index is -0.737. The zero-order chi connectivity index (χ0) is 23.1. The Morgan fingerprint density at radius 2 is 1.75 bits per heavy atom. The minimum absolute atomic E-state index is 0.00201. The first-order valence-electron chi connectivity index (χ1n) is 11.0. The van der Waals surface area contributed by atoms with Gasteiger partial charge in [-0.05, 0) is 49.1 Å². The van der Waals surface area contributed by atoms with Gasteiger partial charge in [-0.3, -0.25) is 14.4 Å². The van der Waals surface area contributed by atoms with Gasteiger partial charge in [0.25, 0.3) is 5.91 Å². The average Bonchev–Trinajstić information content (AvgIpc) is 3.10. The molecule has 1 heterocycles. The fourth-order valence-corrected chi connectivity index (χ4v) is 3.60. The van der Waals surface area contributed by atoms with Crippen LogP contribution in [0.5, 0.6) is 0 Å². The van der Waals surface area contributed by atoms with E-state index in [4.69, 9.17) is 4.74 Å². The fraction of sp³-hybridized carbons (Fsp3) is 0.400. The largest absolute Gasteiger partial charge is 0.381 e. The van der Waals surface area contributed by atoms with Gasteiger partial charge in [0.15, 0.2) is 5.78 Å². The summed E-state index contributed by atoms with van der Waals surface area (Å²) in [5, 5.41) is 8.89. The van der Waals surface area contributed by atoms with Gasteiger partial charge in [0.1, 0.15) is 18.7 Å². The zero-order valence-electron chi connectivity index (χ0n) is 18.8. The number of carbonyl (C=O) groups excluding carboxylic acids is 3. The second kappa shape index (κ2) is 10.9. The van der Waals surface area contributed by atoms with E-state index in [-0.39, 0.29) is 36.2 Å². The maximum atomic E-state index is 12.8. The van der Waals surface area contributed by atoms with E-state index in [0.29, 0.717) is 18.5 Å². The van der Waals surface area contributed by atoms with Crippen molar-refractivity contribution in [3.05, 3.63) is 65.7 Å². The molecule has 2 amide bonds. The van der Waals surface area contributed by atoms with E-state index in [1.807, 2.05) is 56.3 Å². The Labute approximate surface area is 188 Å². The van der Waals surface area contributed by atoms with E-state index in [1.165, 1.54) is 0 Å². The Hall–Kier alpha value is -3.19. The molecule has 1 saturated heterocycles. The van der Waals surface area contributed by atoms with Crippen molar-refractivity contribution in [1.82, 2.24) is 10.6 Å². The molecule has 0 unspecified atom stereocenters. The third kappa shape index (κ3) is 6.40. The number of hydrogen-bond acceptors (Lipinski definition) is 5. The van der Waals surface area contributed by atoms with Crippen molar-refractivity contribution in [3.63, 3.8) is 0 Å². The highest BCUT2D eigenvalue weighted by molar-refractivity contribution is 5.99. The van der Waals surface area contributed by atoms with E-state index in [0.717, 1.165) is 11.3 Å². The second-order valence-corrected chi connectivity index (χ2v) is 8.54. The standard InChI is InChI=1S/C25H31N3O4/c1-16(2)13-21(25(31)28-23-17(3)32-15-22(23)29)27-24(30)19-9-11-20(12-10-19)26-14-18-7-5-4-6-8-18/h4-12,16-17,21,23,26H,13-15H2,1-3H3,(H,27,30)(H,28,31)/t17-,21+,23+/m1/s1. The summed E-state index contributed by atoms with van der Waals surface area (Å²) >= 11 is 0. The molecule has 0 bridgehead atoms. The van der Waals surface area contributed by atoms with Crippen LogP contribution in [-0.4, -0.2) is 42.4 Å². The van der Waals surface area contributed by atoms with Crippen LogP contribution in [0, 0.1) is 5.92 Å². The minimum Gasteiger partial charge on any atom is -0.381 e. The van der Waals surface area contributed by atoms with Crippen LogP contribution in [0.4, 0.5) is 5.69 Å². The van der Waals surface area contributed by atoms with Crippen LogP contribution in [0.1, 0.15) is 43.1 Å². The van der Waals surface area contributed by atoms with Crippen molar-refractivity contribution >= 4 is 23.3 Å². The summed E-state index contributed by atoms with van der Waals surface area (Å²) in [5.41, 5.74) is 2.53. The summed E-state index contributed by atoms with van der Waals surface area (Å²) in [5.74, 6) is -0.672. The lowest BCUT2D eigenvalue weighted by molar-refractivity contribution is -0.127. The molecule has 0 aromatic heterocycles. The Bertz CT molecular complexity index is 928. The van der Waals surface area contributed by atoms with Gasteiger partial charge in [-0.2, -0.15) is 0 Å². The summed E-state index contributed by atoms with van der Waals surface area (Å²) in [6.45, 7) is 6.39. The Morgan fingerprint density at radius 3 is 2.34 bits per heavy atom. The van der Waals surface area contributed by atoms with E-state index in [1.54, 1.807) is 19.1 Å². The zero-order valence-corrected chi connectivity index (χ0v) is 18.8. The molecule has 3 rings (SSSR count). The van der Waals surface area contributed by atoms with Gasteiger partial charge in [-0.15, -0.1) is 0 Å². The molecule has 0 radical (unpaired) electrons. The van der Waals surface area contributed by atoms with Crippen LogP contribution in [0.3, 0.4) is 0 Å². The maximum Gasteiger partial charge on any atom is 0.251 e. The fourth-order valence-electron chi connectivity index (χ4n) is 3.60. The van der Waals surface area contributed by atoms with E-state index in [2.05, 4.69) is 16.0 Å². The quantitative estimate of drug-likeness (QED) is 0.561. The van der Waals surface area contributed by atoms with Crippen LogP contribution in [0.25, 0.3) is 0 Å². The number of benzene rings is 2. The van der Waals surface area contributed by atoms with Crippen molar-refractivity contribution in [2.75, 3.05) is 11.9 Å². The summed E-state index contributed by atoms with van der Waals surface area (Å²) in [4.78, 5) is 37.6. The third-order valence-electron chi connectivity index (χ3n) is 5.42. The van der Waals surface area contributed by atoms with Crippen LogP contribution in [0.2, 0.25) is 0 Å². The normalized spacial score (nSPS) is 18.9. The number of amides is 2. The van der Waals surface area contributed by atoms with Gasteiger partial charge >= 0.3 is 0 Å². The predicted octanol–water partition coefficient (Wildman–Crippen LogP) is 2.92. The van der Waals surface area contributed by atoms with Crippen LogP contribution < -0.4 is 16.0 Å². The number of ether oxygens (including phenoxy) is 1. The number of carbonyl (C=O) groups is 3. The lowest BCUT2D eigenvalue weighted by atomic mass is 10.0. The first kappa shape index (κ1) is 23.5. The maximum absolute atomic E-state index is 12.8. The molecule has 32 heavy (non-hydrogen) atoms. The molecular formula is C25H31N3O4. The van der Waals surface area contributed by atoms with Crippen LogP contribution in [0.15, 0.2) is 54.6 Å². The van der Waals surface area contributed by atoms with Gasteiger partial charge in [-0.25, -0.2) is 0 Å².